The molecule has 0 atom stereocenters. The Bertz CT molecular complexity index is 280. The van der Waals surface area contributed by atoms with Gasteiger partial charge in [0.2, 0.25) is 0 Å². The van der Waals surface area contributed by atoms with Crippen LogP contribution in [0.3, 0.4) is 0 Å². The normalized spacial score (nSPS) is 9.33. The lowest BCUT2D eigenvalue weighted by Gasteiger charge is -1.96. The Morgan fingerprint density at radius 1 is 1.67 bits per heavy atom. The number of aliphatic carboxylic acids is 1. The Morgan fingerprint density at radius 2 is 2.42 bits per heavy atom. The summed E-state index contributed by atoms with van der Waals surface area (Å²) in [6.07, 6.45) is 2.73. The molecule has 1 aromatic heterocycles. The zero-order chi connectivity index (χ0) is 8.97. The van der Waals surface area contributed by atoms with Crippen molar-refractivity contribution in [1.82, 2.24) is 15.3 Å². The van der Waals surface area contributed by atoms with Crippen LogP contribution in [-0.4, -0.2) is 33.5 Å². The van der Waals surface area contributed by atoms with E-state index in [1.165, 1.54) is 12.5 Å². The van der Waals surface area contributed by atoms with Crippen molar-refractivity contribution < 1.29 is 14.7 Å². The predicted octanol–water partition coefficient (Wildman–Crippen LogP) is -0.776. The van der Waals surface area contributed by atoms with Gasteiger partial charge in [0, 0.05) is 6.20 Å². The van der Waals surface area contributed by atoms with Gasteiger partial charge in [-0.2, -0.15) is 0 Å². The third-order valence-corrected chi connectivity index (χ3v) is 1.13. The zero-order valence-corrected chi connectivity index (χ0v) is 6.07. The first-order chi connectivity index (χ1) is 5.70. The fourth-order valence-corrected chi connectivity index (χ4v) is 0.631. The number of carbonyl (C=O) groups is 2. The van der Waals surface area contributed by atoms with Gasteiger partial charge in [0.05, 0.1) is 6.33 Å². The summed E-state index contributed by atoms with van der Waals surface area (Å²) in [6, 6.07) is 0. The smallest absolute Gasteiger partial charge is 0.322 e. The van der Waals surface area contributed by atoms with E-state index in [1.54, 1.807) is 0 Å². The molecule has 0 saturated heterocycles. The van der Waals surface area contributed by atoms with Crippen LogP contribution in [0.1, 0.15) is 10.5 Å². The summed E-state index contributed by atoms with van der Waals surface area (Å²) in [5.74, 6) is -1.59. The van der Waals surface area contributed by atoms with Crippen LogP contribution in [-0.2, 0) is 4.79 Å². The molecule has 0 saturated carbocycles. The van der Waals surface area contributed by atoms with Gasteiger partial charge in [-0.1, -0.05) is 0 Å². The maximum Gasteiger partial charge on any atom is 0.322 e. The first kappa shape index (κ1) is 8.25. The summed E-state index contributed by atoms with van der Waals surface area (Å²) in [5.41, 5.74) is 0.177. The molecule has 3 N–H and O–H groups in total. The highest BCUT2D eigenvalue weighted by Gasteiger charge is 2.07. The van der Waals surface area contributed by atoms with Gasteiger partial charge in [-0.15, -0.1) is 0 Å². The largest absolute Gasteiger partial charge is 0.480 e. The van der Waals surface area contributed by atoms with Crippen LogP contribution in [0.4, 0.5) is 0 Å². The number of H-pyrrole nitrogens is 1. The van der Waals surface area contributed by atoms with Crippen LogP contribution in [0.2, 0.25) is 0 Å². The summed E-state index contributed by atoms with van der Waals surface area (Å²) >= 11 is 0. The second kappa shape index (κ2) is 3.51. The fourth-order valence-electron chi connectivity index (χ4n) is 0.631. The number of carbonyl (C=O) groups excluding carboxylic acids is 1. The summed E-state index contributed by atoms with van der Waals surface area (Å²) in [6.45, 7) is -0.397. The van der Waals surface area contributed by atoms with Crippen LogP contribution in [0, 0.1) is 0 Å². The quantitative estimate of drug-likeness (QED) is 0.553. The average Bonchev–Trinajstić information content (AvgIpc) is 2.51. The lowest BCUT2D eigenvalue weighted by Crippen LogP contribution is -2.29. The van der Waals surface area contributed by atoms with Gasteiger partial charge in [-0.3, -0.25) is 9.59 Å². The molecule has 0 aliphatic heterocycles. The number of nitrogens with one attached hydrogen (secondary N) is 2. The molecule has 0 aliphatic carbocycles. The number of carboxylic acids is 1. The highest BCUT2D eigenvalue weighted by Crippen LogP contribution is 1.88. The highest BCUT2D eigenvalue weighted by molar-refractivity contribution is 5.93. The minimum Gasteiger partial charge on any atom is -0.480 e. The second-order valence-corrected chi connectivity index (χ2v) is 2.03. The lowest BCUT2D eigenvalue weighted by molar-refractivity contribution is -0.135. The molecule has 0 aliphatic rings. The molecule has 0 unspecified atom stereocenters. The average molecular weight is 169 g/mol. The SMILES string of the molecule is O=C(O)CNC(=O)c1c[nH]cn1. The molecule has 1 aromatic rings. The molecule has 6 nitrogen and oxygen atoms in total. The van der Waals surface area contributed by atoms with E-state index in [9.17, 15) is 9.59 Å². The van der Waals surface area contributed by atoms with Gasteiger partial charge < -0.3 is 15.4 Å². The summed E-state index contributed by atoms with van der Waals surface area (Å²) in [5, 5.41) is 10.4. The van der Waals surface area contributed by atoms with Crippen molar-refractivity contribution >= 4 is 11.9 Å². The van der Waals surface area contributed by atoms with E-state index in [0.717, 1.165) is 0 Å². The molecule has 0 radical (unpaired) electrons. The molecule has 0 fully saturated rings. The lowest BCUT2D eigenvalue weighted by atomic mass is 10.4. The molecular weight excluding hydrogens is 162 g/mol. The molecule has 0 spiro atoms. The summed E-state index contributed by atoms with van der Waals surface area (Å²) in [4.78, 5) is 27.2. The number of hydrogen-bond donors (Lipinski definition) is 3. The van der Waals surface area contributed by atoms with E-state index in [1.807, 2.05) is 0 Å². The Morgan fingerprint density at radius 3 is 2.92 bits per heavy atom. The van der Waals surface area contributed by atoms with Gasteiger partial charge in [0.25, 0.3) is 5.91 Å². The van der Waals surface area contributed by atoms with E-state index >= 15 is 0 Å². The zero-order valence-electron chi connectivity index (χ0n) is 6.07. The second-order valence-electron chi connectivity index (χ2n) is 2.03. The van der Waals surface area contributed by atoms with Gasteiger partial charge in [-0.25, -0.2) is 4.98 Å². The van der Waals surface area contributed by atoms with Crippen molar-refractivity contribution in [1.29, 1.82) is 0 Å². The van der Waals surface area contributed by atoms with Crippen LogP contribution in [0.15, 0.2) is 12.5 Å². The van der Waals surface area contributed by atoms with Crippen LogP contribution < -0.4 is 5.32 Å². The monoisotopic (exact) mass is 169 g/mol. The molecule has 6 heteroatoms. The first-order valence-electron chi connectivity index (χ1n) is 3.19. The van der Waals surface area contributed by atoms with Crippen molar-refractivity contribution in [3.8, 4) is 0 Å². The molecule has 0 bridgehead atoms. The molecule has 1 heterocycles. The minimum atomic E-state index is -1.08. The number of nitrogens with zero attached hydrogens (tertiary/aromatic N) is 1. The minimum absolute atomic E-state index is 0.177. The number of aromatic nitrogens is 2. The summed E-state index contributed by atoms with van der Waals surface area (Å²) < 4.78 is 0. The van der Waals surface area contributed by atoms with E-state index in [4.69, 9.17) is 5.11 Å². The Balaban J connectivity index is 2.45. The summed E-state index contributed by atoms with van der Waals surface area (Å²) in [7, 11) is 0. The maximum atomic E-state index is 11.0. The van der Waals surface area contributed by atoms with Gasteiger partial charge in [0.1, 0.15) is 12.2 Å². The molecule has 0 aromatic carbocycles. The third-order valence-electron chi connectivity index (χ3n) is 1.13. The Hall–Kier alpha value is -1.85. The topological polar surface area (TPSA) is 95.1 Å². The van der Waals surface area contributed by atoms with Gasteiger partial charge >= 0.3 is 5.97 Å². The van der Waals surface area contributed by atoms with Gasteiger partial charge in [0.15, 0.2) is 0 Å². The van der Waals surface area contributed by atoms with E-state index < -0.39 is 18.4 Å². The van der Waals surface area contributed by atoms with Crippen molar-refractivity contribution in [3.63, 3.8) is 0 Å². The molecule has 1 amide bonds. The Labute approximate surface area is 67.6 Å². The maximum absolute atomic E-state index is 11.0. The highest BCUT2D eigenvalue weighted by atomic mass is 16.4. The first-order valence-corrected chi connectivity index (χ1v) is 3.19. The fraction of sp³-hybridized carbons (Fsp3) is 0.167. The van der Waals surface area contributed by atoms with Crippen molar-refractivity contribution in [2.24, 2.45) is 0 Å². The van der Waals surface area contributed by atoms with Crippen LogP contribution >= 0.6 is 0 Å². The number of imidazole rings is 1. The van der Waals surface area contributed by atoms with E-state index in [-0.39, 0.29) is 5.69 Å². The standard InChI is InChI=1S/C6H7N3O3/c10-5(11)2-8-6(12)4-1-7-3-9-4/h1,3H,2H2,(H,7,9)(H,8,12)(H,10,11). The van der Waals surface area contributed by atoms with Crippen molar-refractivity contribution in [2.75, 3.05) is 6.54 Å². The molecule has 1 rings (SSSR count). The number of amides is 1. The van der Waals surface area contributed by atoms with Crippen molar-refractivity contribution in [3.05, 3.63) is 18.2 Å². The molecule has 64 valence electrons. The third kappa shape index (κ3) is 2.08. The van der Waals surface area contributed by atoms with Crippen LogP contribution in [0.25, 0.3) is 0 Å². The number of rotatable bonds is 3. The van der Waals surface area contributed by atoms with Gasteiger partial charge in [-0.05, 0) is 0 Å². The van der Waals surface area contributed by atoms with E-state index in [2.05, 4.69) is 15.3 Å². The number of hydrogen-bond acceptors (Lipinski definition) is 3. The molecular formula is C6H7N3O3. The van der Waals surface area contributed by atoms with E-state index in [0.29, 0.717) is 0 Å². The Kier molecular flexibility index (Phi) is 2.42. The number of aromatic amines is 1. The predicted molar refractivity (Wildman–Crippen MR) is 38.6 cm³/mol. The van der Waals surface area contributed by atoms with Crippen LogP contribution in [0.5, 0.6) is 0 Å². The molecule has 12 heavy (non-hydrogen) atoms. The van der Waals surface area contributed by atoms with Crippen molar-refractivity contribution in [2.45, 2.75) is 0 Å². The number of carboxylic acid groups (broad SMARTS) is 1.